The summed E-state index contributed by atoms with van der Waals surface area (Å²) < 4.78 is 40.2. The van der Waals surface area contributed by atoms with E-state index in [1.807, 2.05) is 0 Å². The lowest BCUT2D eigenvalue weighted by Crippen LogP contribution is -2.19. The zero-order valence-corrected chi connectivity index (χ0v) is 9.81. The van der Waals surface area contributed by atoms with Gasteiger partial charge in [0.25, 0.3) is 0 Å². The fourth-order valence-electron chi connectivity index (χ4n) is 1.02. The number of rotatable bonds is 3. The Kier molecular flexibility index (Phi) is 5.23. The fraction of sp³-hybridized carbons (Fsp3) is 0.333. The van der Waals surface area contributed by atoms with Crippen molar-refractivity contribution in [1.29, 1.82) is 0 Å². The van der Waals surface area contributed by atoms with Gasteiger partial charge in [-0.3, -0.25) is 0 Å². The molecule has 1 rings (SSSR count). The summed E-state index contributed by atoms with van der Waals surface area (Å²) >= 11 is 4.01. The monoisotopic (exact) mass is 260 g/mol. The van der Waals surface area contributed by atoms with Crippen LogP contribution in [0.1, 0.15) is 12.0 Å². The van der Waals surface area contributed by atoms with E-state index in [-0.39, 0.29) is 5.75 Å². The molecule has 1 aromatic rings. The molecular formula is C12H11F3OS. The predicted octanol–water partition coefficient (Wildman–Crippen LogP) is 3.30. The van der Waals surface area contributed by atoms with E-state index in [1.54, 1.807) is 12.1 Å². The SMILES string of the molecule is FC(F)(F)COc1ccc(C#CCCS)cc1. The Morgan fingerprint density at radius 1 is 1.18 bits per heavy atom. The van der Waals surface area contributed by atoms with Crippen molar-refractivity contribution < 1.29 is 17.9 Å². The molecule has 0 aliphatic carbocycles. The van der Waals surface area contributed by atoms with Gasteiger partial charge in [-0.15, -0.1) is 0 Å². The summed E-state index contributed by atoms with van der Waals surface area (Å²) in [7, 11) is 0. The van der Waals surface area contributed by atoms with Crippen LogP contribution in [0, 0.1) is 11.8 Å². The van der Waals surface area contributed by atoms with Crippen molar-refractivity contribution in [1.82, 2.24) is 0 Å². The number of alkyl halides is 3. The molecule has 0 aliphatic rings. The topological polar surface area (TPSA) is 9.23 Å². The minimum atomic E-state index is -4.31. The quantitative estimate of drug-likeness (QED) is 0.648. The third kappa shape index (κ3) is 6.12. The van der Waals surface area contributed by atoms with Gasteiger partial charge in [0.2, 0.25) is 0 Å². The second kappa shape index (κ2) is 6.45. The number of halogens is 3. The molecule has 0 saturated carbocycles. The van der Waals surface area contributed by atoms with Gasteiger partial charge >= 0.3 is 6.18 Å². The van der Waals surface area contributed by atoms with Gasteiger partial charge in [0.05, 0.1) is 0 Å². The first-order valence-corrected chi connectivity index (χ1v) is 5.54. The summed E-state index contributed by atoms with van der Waals surface area (Å²) in [6.45, 7) is -1.28. The highest BCUT2D eigenvalue weighted by atomic mass is 32.1. The van der Waals surface area contributed by atoms with Crippen LogP contribution in [0.3, 0.4) is 0 Å². The minimum Gasteiger partial charge on any atom is -0.484 e. The van der Waals surface area contributed by atoms with E-state index in [1.165, 1.54) is 12.1 Å². The maximum absolute atomic E-state index is 11.9. The smallest absolute Gasteiger partial charge is 0.422 e. The van der Waals surface area contributed by atoms with Crippen LogP contribution < -0.4 is 4.74 Å². The molecule has 0 aliphatic heterocycles. The third-order valence-corrected chi connectivity index (χ3v) is 1.95. The van der Waals surface area contributed by atoms with E-state index in [4.69, 9.17) is 0 Å². The lowest BCUT2D eigenvalue weighted by Gasteiger charge is -2.08. The van der Waals surface area contributed by atoms with E-state index in [0.717, 1.165) is 5.56 Å². The molecule has 0 N–H and O–H groups in total. The number of benzene rings is 1. The number of ether oxygens (including phenoxy) is 1. The van der Waals surface area contributed by atoms with Crippen molar-refractivity contribution in [3.8, 4) is 17.6 Å². The van der Waals surface area contributed by atoms with Gasteiger partial charge < -0.3 is 4.74 Å². The molecular weight excluding hydrogens is 249 g/mol. The molecule has 1 nitrogen and oxygen atoms in total. The molecule has 0 amide bonds. The molecule has 92 valence electrons. The van der Waals surface area contributed by atoms with Crippen LogP contribution in [0.25, 0.3) is 0 Å². The van der Waals surface area contributed by atoms with Crippen LogP contribution >= 0.6 is 12.6 Å². The van der Waals surface area contributed by atoms with E-state index in [2.05, 4.69) is 29.2 Å². The van der Waals surface area contributed by atoms with Crippen LogP contribution in [0.15, 0.2) is 24.3 Å². The largest absolute Gasteiger partial charge is 0.484 e. The zero-order valence-electron chi connectivity index (χ0n) is 8.92. The number of hydrogen-bond donors (Lipinski definition) is 1. The molecule has 0 unspecified atom stereocenters. The summed E-state index contributed by atoms with van der Waals surface area (Å²) in [5, 5.41) is 0. The Balaban J connectivity index is 2.54. The van der Waals surface area contributed by atoms with Crippen LogP contribution in [0.2, 0.25) is 0 Å². The van der Waals surface area contributed by atoms with E-state index in [0.29, 0.717) is 12.2 Å². The van der Waals surface area contributed by atoms with Crippen molar-refractivity contribution >= 4 is 12.6 Å². The van der Waals surface area contributed by atoms with Gasteiger partial charge in [0.1, 0.15) is 5.75 Å². The first kappa shape index (κ1) is 13.8. The van der Waals surface area contributed by atoms with E-state index in [9.17, 15) is 13.2 Å². The van der Waals surface area contributed by atoms with E-state index < -0.39 is 12.8 Å². The van der Waals surface area contributed by atoms with Crippen molar-refractivity contribution in [2.45, 2.75) is 12.6 Å². The summed E-state index contributed by atoms with van der Waals surface area (Å²) in [5.41, 5.74) is 0.742. The van der Waals surface area contributed by atoms with Crippen LogP contribution in [-0.4, -0.2) is 18.5 Å². The molecule has 0 bridgehead atoms. The molecule has 0 radical (unpaired) electrons. The Bertz CT molecular complexity index is 400. The van der Waals surface area contributed by atoms with Gasteiger partial charge in [-0.1, -0.05) is 11.8 Å². The van der Waals surface area contributed by atoms with Crippen LogP contribution in [0.4, 0.5) is 13.2 Å². The Labute approximate surface area is 103 Å². The average Bonchev–Trinajstić information content (AvgIpc) is 2.27. The van der Waals surface area contributed by atoms with Crippen molar-refractivity contribution in [2.75, 3.05) is 12.4 Å². The summed E-state index contributed by atoms with van der Waals surface area (Å²) in [6, 6.07) is 6.18. The third-order valence-electron chi connectivity index (χ3n) is 1.73. The van der Waals surface area contributed by atoms with Gasteiger partial charge in [-0.05, 0) is 24.3 Å². The summed E-state index contributed by atoms with van der Waals surface area (Å²) in [6.07, 6.45) is -3.64. The van der Waals surface area contributed by atoms with Gasteiger partial charge in [0, 0.05) is 17.7 Å². The fourth-order valence-corrected chi connectivity index (χ4v) is 1.13. The van der Waals surface area contributed by atoms with Crippen LogP contribution in [-0.2, 0) is 0 Å². The first-order chi connectivity index (χ1) is 8.01. The standard InChI is InChI=1S/C12H11F3OS/c13-12(14,15)9-16-11-6-4-10(5-7-11)3-1-2-8-17/h4-7,17H,2,8-9H2. The minimum absolute atomic E-state index is 0.182. The molecule has 0 aromatic heterocycles. The van der Waals surface area contributed by atoms with E-state index >= 15 is 0 Å². The van der Waals surface area contributed by atoms with Crippen molar-refractivity contribution in [2.24, 2.45) is 0 Å². The predicted molar refractivity (Wildman–Crippen MR) is 63.3 cm³/mol. The Hall–Kier alpha value is -1.28. The number of hydrogen-bond acceptors (Lipinski definition) is 2. The molecule has 0 spiro atoms. The average molecular weight is 260 g/mol. The Morgan fingerprint density at radius 2 is 1.82 bits per heavy atom. The first-order valence-electron chi connectivity index (χ1n) is 4.90. The molecule has 17 heavy (non-hydrogen) atoms. The lowest BCUT2D eigenvalue weighted by atomic mass is 10.2. The molecule has 1 aromatic carbocycles. The molecule has 0 atom stereocenters. The highest BCUT2D eigenvalue weighted by molar-refractivity contribution is 7.80. The van der Waals surface area contributed by atoms with Crippen LogP contribution in [0.5, 0.6) is 5.75 Å². The highest BCUT2D eigenvalue weighted by Gasteiger charge is 2.28. The van der Waals surface area contributed by atoms with Gasteiger partial charge in [0.15, 0.2) is 6.61 Å². The lowest BCUT2D eigenvalue weighted by molar-refractivity contribution is -0.153. The summed E-state index contributed by atoms with van der Waals surface area (Å²) in [5.74, 6) is 6.61. The normalized spacial score (nSPS) is 10.6. The maximum atomic E-state index is 11.9. The van der Waals surface area contributed by atoms with Crippen molar-refractivity contribution in [3.63, 3.8) is 0 Å². The second-order valence-electron chi connectivity index (χ2n) is 3.20. The maximum Gasteiger partial charge on any atom is 0.422 e. The van der Waals surface area contributed by atoms with Gasteiger partial charge in [-0.2, -0.15) is 25.8 Å². The summed E-state index contributed by atoms with van der Waals surface area (Å²) in [4.78, 5) is 0. The number of thiol groups is 1. The Morgan fingerprint density at radius 3 is 2.35 bits per heavy atom. The van der Waals surface area contributed by atoms with Crippen molar-refractivity contribution in [3.05, 3.63) is 29.8 Å². The molecule has 0 fully saturated rings. The molecule has 5 heteroatoms. The van der Waals surface area contributed by atoms with Gasteiger partial charge in [-0.25, -0.2) is 0 Å². The molecule has 0 heterocycles. The zero-order chi connectivity index (χ0) is 12.7. The second-order valence-corrected chi connectivity index (χ2v) is 3.65. The molecule has 0 saturated heterocycles. The highest BCUT2D eigenvalue weighted by Crippen LogP contribution is 2.18.